The van der Waals surface area contributed by atoms with Crippen molar-refractivity contribution in [3.63, 3.8) is 0 Å². The van der Waals surface area contributed by atoms with Gasteiger partial charge in [-0.25, -0.2) is 0 Å². The van der Waals surface area contributed by atoms with Crippen LogP contribution in [0.25, 0.3) is 0 Å². The first kappa shape index (κ1) is 18.2. The molecule has 21 heavy (non-hydrogen) atoms. The van der Waals surface area contributed by atoms with E-state index in [1.165, 1.54) is 11.1 Å². The van der Waals surface area contributed by atoms with Crippen LogP contribution in [0.4, 0.5) is 0 Å². The van der Waals surface area contributed by atoms with Gasteiger partial charge >= 0.3 is 0 Å². The largest absolute Gasteiger partial charge is 1.00 e. The summed E-state index contributed by atoms with van der Waals surface area (Å²) >= 11 is 0. The zero-order valence-electron chi connectivity index (χ0n) is 13.5. The van der Waals surface area contributed by atoms with Gasteiger partial charge in [-0.1, -0.05) is 60.7 Å². The van der Waals surface area contributed by atoms with Gasteiger partial charge in [0.05, 0.1) is 27.2 Å². The molecule has 0 aliphatic carbocycles. The lowest BCUT2D eigenvalue weighted by Gasteiger charge is -2.34. The molecule has 0 bridgehead atoms. The van der Waals surface area contributed by atoms with E-state index in [9.17, 15) is 0 Å². The van der Waals surface area contributed by atoms with E-state index in [0.29, 0.717) is 12.0 Å². The molecule has 0 heterocycles. The van der Waals surface area contributed by atoms with Gasteiger partial charge in [0.15, 0.2) is 0 Å². The van der Waals surface area contributed by atoms with E-state index in [1.807, 2.05) is 0 Å². The van der Waals surface area contributed by atoms with Crippen molar-refractivity contribution in [2.24, 2.45) is 0 Å². The Kier molecular flexibility index (Phi) is 6.88. The Labute approximate surface area is 146 Å². The van der Waals surface area contributed by atoms with Crippen LogP contribution in [0, 0.1) is 0 Å². The second-order valence-electron chi connectivity index (χ2n) is 6.57. The summed E-state index contributed by atoms with van der Waals surface area (Å²) in [5.41, 5.74) is 2.83. The van der Waals surface area contributed by atoms with E-state index < -0.39 is 0 Å². The summed E-state index contributed by atoms with van der Waals surface area (Å²) in [6.45, 7) is 2.35. The highest BCUT2D eigenvalue weighted by Crippen LogP contribution is 2.30. The summed E-state index contributed by atoms with van der Waals surface area (Å²) < 4.78 is 0.996. The topological polar surface area (TPSA) is 0 Å². The number of hydrogen-bond acceptors (Lipinski definition) is 0. The summed E-state index contributed by atoms with van der Waals surface area (Å²) in [4.78, 5) is 0. The van der Waals surface area contributed by atoms with Crippen LogP contribution < -0.4 is 24.0 Å². The van der Waals surface area contributed by atoms with Crippen molar-refractivity contribution < 1.29 is 28.5 Å². The van der Waals surface area contributed by atoms with Crippen LogP contribution in [-0.2, 0) is 0 Å². The minimum absolute atomic E-state index is 0. The monoisotopic (exact) mass is 395 g/mol. The van der Waals surface area contributed by atoms with E-state index in [4.69, 9.17) is 0 Å². The first-order valence-corrected chi connectivity index (χ1v) is 7.39. The Bertz CT molecular complexity index is 477. The predicted molar refractivity (Wildman–Crippen MR) is 86.8 cm³/mol. The molecule has 1 atom stereocenters. The van der Waals surface area contributed by atoms with E-state index in [0.717, 1.165) is 10.9 Å². The molecule has 0 aliphatic rings. The van der Waals surface area contributed by atoms with Crippen LogP contribution in [0.5, 0.6) is 0 Å². The first-order valence-electron chi connectivity index (χ1n) is 7.39. The Morgan fingerprint density at radius 1 is 0.762 bits per heavy atom. The highest BCUT2D eigenvalue weighted by atomic mass is 127. The maximum atomic E-state index is 2.35. The van der Waals surface area contributed by atoms with Crippen molar-refractivity contribution in [3.05, 3.63) is 71.8 Å². The van der Waals surface area contributed by atoms with E-state index in [-0.39, 0.29) is 24.0 Å². The van der Waals surface area contributed by atoms with Crippen LogP contribution >= 0.6 is 0 Å². The molecule has 2 rings (SSSR count). The lowest BCUT2D eigenvalue weighted by molar-refractivity contribution is -0.894. The van der Waals surface area contributed by atoms with Gasteiger partial charge in [-0.2, -0.15) is 0 Å². The molecule has 0 aliphatic heterocycles. The van der Waals surface area contributed by atoms with Gasteiger partial charge in [0.1, 0.15) is 0 Å². The summed E-state index contributed by atoms with van der Waals surface area (Å²) in [6, 6.07) is 22.4. The van der Waals surface area contributed by atoms with Crippen LogP contribution in [0.15, 0.2) is 60.7 Å². The average molecular weight is 395 g/mol. The third-order valence-electron chi connectivity index (χ3n) is 4.30. The minimum Gasteiger partial charge on any atom is -1.00 e. The summed E-state index contributed by atoms with van der Waals surface area (Å²) in [5, 5.41) is 0. The molecular weight excluding hydrogens is 369 g/mol. The fourth-order valence-corrected chi connectivity index (χ4v) is 2.49. The van der Waals surface area contributed by atoms with E-state index in [1.54, 1.807) is 0 Å². The molecule has 0 amide bonds. The molecule has 0 aromatic heterocycles. The van der Waals surface area contributed by atoms with Gasteiger partial charge in [0, 0.05) is 12.3 Å². The summed E-state index contributed by atoms with van der Waals surface area (Å²) in [7, 11) is 6.83. The average Bonchev–Trinajstić information content (AvgIpc) is 2.45. The molecule has 2 aromatic carbocycles. The van der Waals surface area contributed by atoms with Crippen molar-refractivity contribution in [2.75, 3.05) is 21.1 Å². The lowest BCUT2D eigenvalue weighted by Crippen LogP contribution is -3.00. The number of nitrogens with zero attached hydrogens (tertiary/aromatic N) is 1. The van der Waals surface area contributed by atoms with Crippen LogP contribution in [0.1, 0.15) is 30.4 Å². The third-order valence-corrected chi connectivity index (χ3v) is 4.30. The molecule has 114 valence electrons. The Morgan fingerprint density at radius 3 is 1.48 bits per heavy atom. The van der Waals surface area contributed by atoms with Gasteiger partial charge in [-0.3, -0.25) is 0 Å². The molecule has 0 radical (unpaired) electrons. The zero-order valence-corrected chi connectivity index (χ0v) is 15.6. The smallest absolute Gasteiger partial charge is 0.0864 e. The third kappa shape index (κ3) is 5.11. The highest BCUT2D eigenvalue weighted by molar-refractivity contribution is 5.32. The number of hydrogen-bond donors (Lipinski definition) is 0. The Hall–Kier alpha value is -0.870. The molecule has 1 nitrogen and oxygen atoms in total. The summed E-state index contributed by atoms with van der Waals surface area (Å²) in [6.07, 6.45) is 1.16. The minimum atomic E-state index is 0. The molecule has 2 aromatic rings. The first-order chi connectivity index (χ1) is 9.48. The zero-order chi connectivity index (χ0) is 14.6. The maximum Gasteiger partial charge on any atom is 0.0864 e. The van der Waals surface area contributed by atoms with Crippen molar-refractivity contribution in [2.45, 2.75) is 25.3 Å². The fraction of sp³-hybridized carbons (Fsp3) is 0.368. The van der Waals surface area contributed by atoms with Gasteiger partial charge in [0.2, 0.25) is 0 Å². The van der Waals surface area contributed by atoms with Gasteiger partial charge < -0.3 is 28.5 Å². The molecule has 0 saturated carbocycles. The quantitative estimate of drug-likeness (QED) is 0.529. The predicted octanol–water partition coefficient (Wildman–Crippen LogP) is 1.31. The molecule has 0 saturated heterocycles. The summed E-state index contributed by atoms with van der Waals surface area (Å²) in [5.74, 6) is 0.477. The van der Waals surface area contributed by atoms with Crippen molar-refractivity contribution in [3.8, 4) is 0 Å². The van der Waals surface area contributed by atoms with Gasteiger partial charge in [-0.15, -0.1) is 0 Å². The lowest BCUT2D eigenvalue weighted by atomic mass is 9.86. The second kappa shape index (κ2) is 7.95. The van der Waals surface area contributed by atoms with Gasteiger partial charge in [0.25, 0.3) is 0 Å². The van der Waals surface area contributed by atoms with Crippen LogP contribution in [0.3, 0.4) is 0 Å². The molecule has 1 unspecified atom stereocenters. The molecule has 0 N–H and O–H groups in total. The Morgan fingerprint density at radius 2 is 1.14 bits per heavy atom. The van der Waals surface area contributed by atoms with E-state index >= 15 is 0 Å². The van der Waals surface area contributed by atoms with Crippen molar-refractivity contribution in [1.29, 1.82) is 0 Å². The number of quaternary nitrogens is 1. The molecule has 2 heteroatoms. The van der Waals surface area contributed by atoms with Crippen molar-refractivity contribution in [1.82, 2.24) is 0 Å². The molecule has 0 fully saturated rings. The van der Waals surface area contributed by atoms with Gasteiger partial charge in [-0.05, 0) is 18.1 Å². The number of benzene rings is 2. The SMILES string of the molecule is CC(CC(c1ccccc1)c1ccccc1)[N+](C)(C)C.[I-]. The highest BCUT2D eigenvalue weighted by Gasteiger charge is 2.24. The number of rotatable bonds is 5. The molecular formula is C19H26IN. The maximum absolute atomic E-state index is 2.35. The molecule has 0 spiro atoms. The normalized spacial score (nSPS) is 12.8. The van der Waals surface area contributed by atoms with Crippen molar-refractivity contribution >= 4 is 0 Å². The number of halogens is 1. The van der Waals surface area contributed by atoms with E-state index in [2.05, 4.69) is 88.7 Å². The second-order valence-corrected chi connectivity index (χ2v) is 6.57. The standard InChI is InChI=1S/C19H26N.HI/c1-16(20(2,3)4)15-19(17-11-7-5-8-12-17)18-13-9-6-10-14-18;/h5-14,16,19H,15H2,1-4H3;1H/q+1;/p-1. The van der Waals surface area contributed by atoms with Crippen LogP contribution in [0.2, 0.25) is 0 Å². The van der Waals surface area contributed by atoms with Crippen LogP contribution in [-0.4, -0.2) is 31.7 Å². The Balaban J connectivity index is 0.00000220. The fourth-order valence-electron chi connectivity index (χ4n) is 2.49.